The Bertz CT molecular complexity index is 1110. The van der Waals surface area contributed by atoms with Crippen molar-refractivity contribution in [2.45, 2.75) is 17.7 Å². The molecule has 2 heterocycles. The van der Waals surface area contributed by atoms with E-state index in [0.29, 0.717) is 0 Å². The zero-order chi connectivity index (χ0) is 19.8. The van der Waals surface area contributed by atoms with Crippen LogP contribution in [-0.2, 0) is 16.4 Å². The average molecular weight is 421 g/mol. The number of hydrogen-bond donors (Lipinski definition) is 2. The summed E-state index contributed by atoms with van der Waals surface area (Å²) >= 11 is 5.68. The Morgan fingerprint density at radius 2 is 2.11 bits per heavy atom. The van der Waals surface area contributed by atoms with Crippen molar-refractivity contribution in [1.29, 1.82) is 0 Å². The van der Waals surface area contributed by atoms with E-state index in [1.54, 1.807) is 0 Å². The van der Waals surface area contributed by atoms with Gasteiger partial charge < -0.3 is 9.72 Å². The first-order valence-electron chi connectivity index (χ1n) is 7.39. The number of nitrogens with zero attached hydrogens (tertiary/aromatic N) is 2. The number of H-pyrrole nitrogens is 1. The predicted octanol–water partition coefficient (Wildman–Crippen LogP) is 3.37. The third kappa shape index (κ3) is 3.78. The number of methoxy groups -OCH3 is 1. The zero-order valence-corrected chi connectivity index (χ0v) is 15.2. The van der Waals surface area contributed by atoms with E-state index in [2.05, 4.69) is 19.7 Å². The van der Waals surface area contributed by atoms with Gasteiger partial charge in [0.25, 0.3) is 10.0 Å². The maximum Gasteiger partial charge on any atom is 0.266 e. The Morgan fingerprint density at radius 3 is 2.78 bits per heavy atom. The normalized spacial score (nSPS) is 11.9. The molecule has 1 aromatic carbocycles. The molecule has 0 fully saturated rings. The van der Waals surface area contributed by atoms with Crippen LogP contribution in [0.2, 0.25) is 5.02 Å². The fourth-order valence-corrected chi connectivity index (χ4v) is 3.71. The van der Waals surface area contributed by atoms with E-state index in [1.165, 1.54) is 19.2 Å². The third-order valence-corrected chi connectivity index (χ3v) is 5.28. The van der Waals surface area contributed by atoms with Gasteiger partial charge in [-0.15, -0.1) is 0 Å². The maximum atomic E-state index is 14.0. The highest BCUT2D eigenvalue weighted by Gasteiger charge is 2.23. The standard InChI is InChI=1S/C15H12ClF3N4O3S/c1-26-14-7(4-11(17)18)5-21-15(22-14)23-27(24,25)10-6-20-13-8(10)2-3-9(16)12(13)19/h2-3,5-6,11,20H,4H2,1H3,(H,21,22,23). The molecule has 3 rings (SSSR count). The Hall–Kier alpha value is -2.53. The van der Waals surface area contributed by atoms with Crippen molar-refractivity contribution in [2.75, 3.05) is 11.8 Å². The highest BCUT2D eigenvalue weighted by Crippen LogP contribution is 2.30. The summed E-state index contributed by atoms with van der Waals surface area (Å²) in [5.41, 5.74) is -0.0482. The lowest BCUT2D eigenvalue weighted by atomic mass is 10.2. The van der Waals surface area contributed by atoms with Gasteiger partial charge in [0.2, 0.25) is 18.3 Å². The molecular weight excluding hydrogens is 409 g/mol. The Balaban J connectivity index is 1.97. The number of hydrogen-bond acceptors (Lipinski definition) is 5. The number of halogens is 4. The van der Waals surface area contributed by atoms with Crippen LogP contribution in [0.15, 0.2) is 29.4 Å². The fourth-order valence-electron chi connectivity index (χ4n) is 2.43. The van der Waals surface area contributed by atoms with Crippen molar-refractivity contribution in [2.24, 2.45) is 0 Å². The molecule has 7 nitrogen and oxygen atoms in total. The van der Waals surface area contributed by atoms with Crippen LogP contribution < -0.4 is 9.46 Å². The van der Waals surface area contributed by atoms with Crippen LogP contribution in [0, 0.1) is 5.82 Å². The molecule has 0 unspecified atom stereocenters. The van der Waals surface area contributed by atoms with Crippen LogP contribution in [0.5, 0.6) is 5.88 Å². The number of aromatic amines is 1. The molecule has 0 spiro atoms. The summed E-state index contributed by atoms with van der Waals surface area (Å²) in [6, 6.07) is 2.57. The molecule has 0 amide bonds. The van der Waals surface area contributed by atoms with E-state index in [4.69, 9.17) is 16.3 Å². The number of fused-ring (bicyclic) bond motifs is 1. The molecule has 0 aliphatic carbocycles. The number of benzene rings is 1. The quantitative estimate of drug-likeness (QED) is 0.637. The lowest BCUT2D eigenvalue weighted by Crippen LogP contribution is -2.15. The molecule has 0 saturated carbocycles. The molecular formula is C15H12ClF3N4O3S. The van der Waals surface area contributed by atoms with Gasteiger partial charge in [-0.1, -0.05) is 11.6 Å². The number of alkyl halides is 2. The van der Waals surface area contributed by atoms with Crippen molar-refractivity contribution < 1.29 is 26.3 Å². The lowest BCUT2D eigenvalue weighted by molar-refractivity contribution is 0.147. The Labute approximate surface area is 156 Å². The number of nitrogens with one attached hydrogen (secondary N) is 2. The second kappa shape index (κ2) is 7.24. The van der Waals surface area contributed by atoms with Crippen LogP contribution in [0.3, 0.4) is 0 Å². The second-order valence-electron chi connectivity index (χ2n) is 5.37. The Kier molecular flexibility index (Phi) is 5.16. The summed E-state index contributed by atoms with van der Waals surface area (Å²) in [4.78, 5) is 9.77. The molecule has 12 heteroatoms. The van der Waals surface area contributed by atoms with Crippen LogP contribution in [0.4, 0.5) is 19.1 Å². The molecule has 0 aliphatic rings. The van der Waals surface area contributed by atoms with Crippen molar-refractivity contribution >= 4 is 38.5 Å². The van der Waals surface area contributed by atoms with Gasteiger partial charge in [-0.3, -0.25) is 0 Å². The monoisotopic (exact) mass is 420 g/mol. The number of aromatic nitrogens is 3. The summed E-state index contributed by atoms with van der Waals surface area (Å²) in [7, 11) is -3.00. The number of anilines is 1. The number of rotatable bonds is 6. The zero-order valence-electron chi connectivity index (χ0n) is 13.6. The first-order valence-corrected chi connectivity index (χ1v) is 9.25. The fraction of sp³-hybridized carbons (Fsp3) is 0.200. The molecule has 0 radical (unpaired) electrons. The molecule has 144 valence electrons. The van der Waals surface area contributed by atoms with Crippen LogP contribution in [-0.4, -0.2) is 36.9 Å². The van der Waals surface area contributed by atoms with Crippen LogP contribution >= 0.6 is 11.6 Å². The minimum Gasteiger partial charge on any atom is -0.481 e. The molecule has 27 heavy (non-hydrogen) atoms. The van der Waals surface area contributed by atoms with Crippen LogP contribution in [0.1, 0.15) is 5.56 Å². The number of ether oxygens (including phenoxy) is 1. The van der Waals surface area contributed by atoms with Crippen molar-refractivity contribution in [3.63, 3.8) is 0 Å². The predicted molar refractivity (Wildman–Crippen MR) is 92.4 cm³/mol. The maximum absolute atomic E-state index is 14.0. The minimum atomic E-state index is -4.21. The van der Waals surface area contributed by atoms with E-state index >= 15 is 0 Å². The highest BCUT2D eigenvalue weighted by molar-refractivity contribution is 7.93. The second-order valence-corrected chi connectivity index (χ2v) is 7.42. The smallest absolute Gasteiger partial charge is 0.266 e. The summed E-state index contributed by atoms with van der Waals surface area (Å²) in [6.07, 6.45) is -1.14. The van der Waals surface area contributed by atoms with E-state index in [1.807, 2.05) is 0 Å². The molecule has 2 N–H and O–H groups in total. The molecule has 0 atom stereocenters. The Morgan fingerprint density at radius 1 is 1.37 bits per heavy atom. The van der Waals surface area contributed by atoms with Crippen molar-refractivity contribution in [3.05, 3.63) is 40.9 Å². The van der Waals surface area contributed by atoms with E-state index in [0.717, 1.165) is 12.4 Å². The summed E-state index contributed by atoms with van der Waals surface area (Å²) in [5, 5.41) is -0.0883. The lowest BCUT2D eigenvalue weighted by Gasteiger charge is -2.10. The molecule has 0 saturated heterocycles. The largest absolute Gasteiger partial charge is 0.481 e. The average Bonchev–Trinajstić information content (AvgIpc) is 3.04. The summed E-state index contributed by atoms with van der Waals surface area (Å²) in [6.45, 7) is 0. The van der Waals surface area contributed by atoms with Crippen LogP contribution in [0.25, 0.3) is 10.9 Å². The van der Waals surface area contributed by atoms with E-state index < -0.39 is 28.7 Å². The third-order valence-electron chi connectivity index (χ3n) is 3.62. The minimum absolute atomic E-state index is 0.0271. The van der Waals surface area contributed by atoms with Gasteiger partial charge >= 0.3 is 0 Å². The van der Waals surface area contributed by atoms with Gasteiger partial charge in [-0.25, -0.2) is 31.3 Å². The van der Waals surface area contributed by atoms with Crippen molar-refractivity contribution in [1.82, 2.24) is 15.0 Å². The van der Waals surface area contributed by atoms with Gasteiger partial charge in [0.15, 0.2) is 5.82 Å². The van der Waals surface area contributed by atoms with E-state index in [9.17, 15) is 21.6 Å². The molecule has 0 aliphatic heterocycles. The van der Waals surface area contributed by atoms with E-state index in [-0.39, 0.29) is 38.2 Å². The van der Waals surface area contributed by atoms with Gasteiger partial charge in [0, 0.05) is 29.8 Å². The van der Waals surface area contributed by atoms with Gasteiger partial charge in [0.05, 0.1) is 17.6 Å². The van der Waals surface area contributed by atoms with Gasteiger partial charge in [-0.2, -0.15) is 4.98 Å². The SMILES string of the molecule is COc1nc(NS(=O)(=O)c2c[nH]c3c(F)c(Cl)ccc23)ncc1CC(F)F. The highest BCUT2D eigenvalue weighted by atomic mass is 35.5. The first-order chi connectivity index (χ1) is 12.7. The first kappa shape index (κ1) is 19.2. The number of sulfonamides is 1. The van der Waals surface area contributed by atoms with Gasteiger partial charge in [-0.05, 0) is 12.1 Å². The molecule has 2 aromatic heterocycles. The topological polar surface area (TPSA) is 97.0 Å². The van der Waals surface area contributed by atoms with Gasteiger partial charge in [0.1, 0.15) is 4.90 Å². The van der Waals surface area contributed by atoms with Crippen molar-refractivity contribution in [3.8, 4) is 5.88 Å². The summed E-state index contributed by atoms with van der Waals surface area (Å²) < 4.78 is 71.3. The summed E-state index contributed by atoms with van der Waals surface area (Å²) in [5.74, 6) is -1.35. The molecule has 3 aromatic rings. The molecule has 0 bridgehead atoms.